The first-order valence-electron chi connectivity index (χ1n) is 15.5. The Morgan fingerprint density at radius 1 is 0.744 bits per heavy atom. The number of hydrogen-bond donors (Lipinski definition) is 0. The second-order valence-corrected chi connectivity index (χ2v) is 11.1. The van der Waals surface area contributed by atoms with Crippen LogP contribution in [0.25, 0.3) is 23.8 Å². The lowest BCUT2D eigenvalue weighted by Crippen LogP contribution is -2.39. The maximum atomic E-state index is 2.54. The van der Waals surface area contributed by atoms with E-state index in [1.165, 1.54) is 90.4 Å². The summed E-state index contributed by atoms with van der Waals surface area (Å²) in [5, 5.41) is 0. The average molecular weight is 522 g/mol. The number of aromatic nitrogens is 1. The molecule has 0 unspecified atom stereocenters. The summed E-state index contributed by atoms with van der Waals surface area (Å²) in [7, 11) is 0. The summed E-state index contributed by atoms with van der Waals surface area (Å²) in [6.07, 6.45) is 22.5. The summed E-state index contributed by atoms with van der Waals surface area (Å²) in [6, 6.07) is 21.0. The largest absolute Gasteiger partial charge is 0.372 e. The van der Waals surface area contributed by atoms with Gasteiger partial charge in [-0.2, -0.15) is 0 Å². The number of pyridine rings is 1. The molecular formula is C37H49N2+. The lowest BCUT2D eigenvalue weighted by Gasteiger charge is -2.24. The fourth-order valence-corrected chi connectivity index (χ4v) is 5.73. The molecular weight excluding hydrogens is 472 g/mol. The maximum Gasteiger partial charge on any atom is 0.172 e. The number of unbranched alkanes of at least 4 members (excludes halogenated alkanes) is 2. The van der Waals surface area contributed by atoms with Gasteiger partial charge in [-0.05, 0) is 72.1 Å². The van der Waals surface area contributed by atoms with Crippen molar-refractivity contribution in [3.05, 3.63) is 94.8 Å². The second kappa shape index (κ2) is 14.9. The Balaban J connectivity index is 1.42. The first kappa shape index (κ1) is 28.9. The molecule has 4 rings (SSSR count). The van der Waals surface area contributed by atoms with Crippen LogP contribution < -0.4 is 9.47 Å². The van der Waals surface area contributed by atoms with Gasteiger partial charge >= 0.3 is 0 Å². The normalized spacial score (nSPS) is 14.3. The molecule has 206 valence electrons. The molecule has 1 aromatic heterocycles. The standard InChI is InChI=1S/C37H49N2/c1-5-9-25-38(26-10-6-2)36-22-20-31(21-23-36)15-14-30-16-18-32(19-17-30)28-33-12-11-13-34-29-39(27-24-37(33)34)35(7-3)8-4/h14-24,27-29,35H,5-13,25-26H2,1-4H3/q+1. The van der Waals surface area contributed by atoms with E-state index in [0.29, 0.717) is 6.04 Å². The minimum Gasteiger partial charge on any atom is -0.372 e. The van der Waals surface area contributed by atoms with Crippen molar-refractivity contribution in [2.75, 3.05) is 18.0 Å². The van der Waals surface area contributed by atoms with Crippen LogP contribution in [0.2, 0.25) is 0 Å². The van der Waals surface area contributed by atoms with Crippen LogP contribution in [0, 0.1) is 0 Å². The zero-order valence-corrected chi connectivity index (χ0v) is 24.8. The maximum absolute atomic E-state index is 2.54. The van der Waals surface area contributed by atoms with Crippen LogP contribution in [-0.4, -0.2) is 13.1 Å². The zero-order chi connectivity index (χ0) is 27.5. The minimum absolute atomic E-state index is 0.606. The number of aryl methyl sites for hydroxylation is 1. The Labute approximate surface area is 238 Å². The van der Waals surface area contributed by atoms with E-state index in [1.54, 1.807) is 0 Å². The van der Waals surface area contributed by atoms with Gasteiger partial charge in [-0.1, -0.05) is 95.2 Å². The highest BCUT2D eigenvalue weighted by molar-refractivity contribution is 5.83. The van der Waals surface area contributed by atoms with Crippen molar-refractivity contribution in [3.8, 4) is 0 Å². The van der Waals surface area contributed by atoms with Crippen LogP contribution in [0.15, 0.2) is 67.0 Å². The van der Waals surface area contributed by atoms with E-state index in [1.807, 2.05) is 0 Å². The number of hydrogen-bond acceptors (Lipinski definition) is 1. The Morgan fingerprint density at radius 3 is 1.92 bits per heavy atom. The van der Waals surface area contributed by atoms with E-state index in [9.17, 15) is 0 Å². The highest BCUT2D eigenvalue weighted by atomic mass is 15.1. The highest BCUT2D eigenvalue weighted by Gasteiger charge is 2.21. The van der Waals surface area contributed by atoms with Crippen LogP contribution >= 0.6 is 0 Å². The van der Waals surface area contributed by atoms with E-state index < -0.39 is 0 Å². The van der Waals surface area contributed by atoms with Gasteiger partial charge in [0.15, 0.2) is 18.4 Å². The van der Waals surface area contributed by atoms with E-state index in [2.05, 4.69) is 122 Å². The van der Waals surface area contributed by atoms with Gasteiger partial charge in [0.1, 0.15) is 0 Å². The number of anilines is 1. The molecule has 0 spiro atoms. The van der Waals surface area contributed by atoms with Gasteiger partial charge in [-0.15, -0.1) is 0 Å². The number of allylic oxidation sites excluding steroid dienone is 1. The molecule has 1 aliphatic rings. The van der Waals surface area contributed by atoms with Crippen molar-refractivity contribution < 1.29 is 4.57 Å². The van der Waals surface area contributed by atoms with Crippen LogP contribution in [0.5, 0.6) is 0 Å². The van der Waals surface area contributed by atoms with Crippen LogP contribution in [0.3, 0.4) is 0 Å². The molecule has 3 aromatic rings. The lowest BCUT2D eigenvalue weighted by atomic mass is 9.87. The first-order valence-corrected chi connectivity index (χ1v) is 15.5. The van der Waals surface area contributed by atoms with Gasteiger partial charge < -0.3 is 4.90 Å². The van der Waals surface area contributed by atoms with E-state index in [4.69, 9.17) is 0 Å². The molecule has 0 N–H and O–H groups in total. The lowest BCUT2D eigenvalue weighted by molar-refractivity contribution is -0.724. The fourth-order valence-electron chi connectivity index (χ4n) is 5.73. The van der Waals surface area contributed by atoms with Gasteiger partial charge in [0, 0.05) is 43.2 Å². The van der Waals surface area contributed by atoms with E-state index in [0.717, 1.165) is 19.5 Å². The molecule has 0 aliphatic heterocycles. The minimum atomic E-state index is 0.606. The number of benzene rings is 2. The Morgan fingerprint density at radius 2 is 1.33 bits per heavy atom. The summed E-state index contributed by atoms with van der Waals surface area (Å²) in [5.41, 5.74) is 9.55. The third-order valence-corrected chi connectivity index (χ3v) is 8.23. The third kappa shape index (κ3) is 7.94. The molecule has 1 heterocycles. The molecule has 0 saturated heterocycles. The molecule has 2 aromatic carbocycles. The smallest absolute Gasteiger partial charge is 0.172 e. The van der Waals surface area contributed by atoms with Gasteiger partial charge in [0.05, 0.1) is 0 Å². The molecule has 0 atom stereocenters. The van der Waals surface area contributed by atoms with Crippen molar-refractivity contribution in [2.24, 2.45) is 0 Å². The second-order valence-electron chi connectivity index (χ2n) is 11.1. The van der Waals surface area contributed by atoms with Crippen molar-refractivity contribution in [1.82, 2.24) is 0 Å². The van der Waals surface area contributed by atoms with Crippen molar-refractivity contribution in [2.45, 2.75) is 91.5 Å². The monoisotopic (exact) mass is 521 g/mol. The molecule has 0 amide bonds. The zero-order valence-electron chi connectivity index (χ0n) is 24.8. The topological polar surface area (TPSA) is 7.12 Å². The van der Waals surface area contributed by atoms with Gasteiger partial charge in [-0.3, -0.25) is 0 Å². The van der Waals surface area contributed by atoms with Crippen LogP contribution in [0.4, 0.5) is 5.69 Å². The summed E-state index contributed by atoms with van der Waals surface area (Å²) in [4.78, 5) is 2.54. The Hall–Kier alpha value is -3.13. The van der Waals surface area contributed by atoms with Gasteiger partial charge in [0.25, 0.3) is 0 Å². The highest BCUT2D eigenvalue weighted by Crippen LogP contribution is 2.32. The summed E-state index contributed by atoms with van der Waals surface area (Å²) in [5.74, 6) is 0. The van der Waals surface area contributed by atoms with E-state index in [-0.39, 0.29) is 0 Å². The predicted octanol–water partition coefficient (Wildman–Crippen LogP) is 9.79. The summed E-state index contributed by atoms with van der Waals surface area (Å²) < 4.78 is 2.44. The molecule has 0 fully saturated rings. The molecule has 2 nitrogen and oxygen atoms in total. The summed E-state index contributed by atoms with van der Waals surface area (Å²) in [6.45, 7) is 11.4. The third-order valence-electron chi connectivity index (χ3n) is 8.23. The van der Waals surface area contributed by atoms with Crippen molar-refractivity contribution >= 4 is 29.5 Å². The van der Waals surface area contributed by atoms with Gasteiger partial charge in [0.2, 0.25) is 0 Å². The van der Waals surface area contributed by atoms with Crippen LogP contribution in [-0.2, 0) is 6.42 Å². The number of rotatable bonds is 13. The fraction of sp³-hybridized carbons (Fsp3) is 0.432. The first-order chi connectivity index (χ1) is 19.1. The molecule has 0 saturated carbocycles. The number of nitrogens with zero attached hydrogens (tertiary/aromatic N) is 2. The Bertz CT molecular complexity index is 1210. The Kier molecular flexibility index (Phi) is 11.0. The molecule has 0 radical (unpaired) electrons. The quantitative estimate of drug-likeness (QED) is 0.160. The summed E-state index contributed by atoms with van der Waals surface area (Å²) >= 11 is 0. The SMILES string of the molecule is CCCCN(CCCC)c1ccc(/C=C/c2ccc(/C=C3/CCCc4c[n+](C(CC)CC)ccc43)cc2)cc1. The van der Waals surface area contributed by atoms with Crippen LogP contribution in [0.1, 0.15) is 113 Å². The van der Waals surface area contributed by atoms with Crippen molar-refractivity contribution in [1.29, 1.82) is 0 Å². The molecule has 2 heteroatoms. The molecule has 1 aliphatic carbocycles. The van der Waals surface area contributed by atoms with E-state index >= 15 is 0 Å². The van der Waals surface area contributed by atoms with Crippen molar-refractivity contribution in [3.63, 3.8) is 0 Å². The molecule has 39 heavy (non-hydrogen) atoms. The molecule has 0 bridgehead atoms. The van der Waals surface area contributed by atoms with Gasteiger partial charge in [-0.25, -0.2) is 4.57 Å². The average Bonchev–Trinajstić information content (AvgIpc) is 2.98. The predicted molar refractivity (Wildman–Crippen MR) is 171 cm³/mol. The number of fused-ring (bicyclic) bond motifs is 1.